The number of aliphatic carboxylic acids is 1. The molecule has 0 unspecified atom stereocenters. The average Bonchev–Trinajstić information content (AvgIpc) is 2.24. The minimum Gasteiger partial charge on any atom is -0.481 e. The quantitative estimate of drug-likeness (QED) is 0.637. The summed E-state index contributed by atoms with van der Waals surface area (Å²) in [6.07, 6.45) is 0.318. The zero-order valence-corrected chi connectivity index (χ0v) is 9.57. The number of hydrogen-bond donors (Lipinski definition) is 1. The molecule has 4 nitrogen and oxygen atoms in total. The van der Waals surface area contributed by atoms with E-state index in [0.717, 1.165) is 5.56 Å². The maximum Gasteiger partial charge on any atom is 0.303 e. The molecule has 0 aliphatic heterocycles. The van der Waals surface area contributed by atoms with Crippen LogP contribution in [0.25, 0.3) is 0 Å². The van der Waals surface area contributed by atoms with E-state index in [9.17, 15) is 4.79 Å². The van der Waals surface area contributed by atoms with Crippen molar-refractivity contribution >= 4 is 23.3 Å². The zero-order chi connectivity index (χ0) is 12.0. The maximum atomic E-state index is 10.5. The van der Waals surface area contributed by atoms with Gasteiger partial charge in [0.1, 0.15) is 7.11 Å². The van der Waals surface area contributed by atoms with Gasteiger partial charge in [-0.05, 0) is 12.1 Å². The second-order valence-electron chi connectivity index (χ2n) is 3.12. The molecule has 1 aromatic carbocycles. The molecule has 16 heavy (non-hydrogen) atoms. The summed E-state index contributed by atoms with van der Waals surface area (Å²) in [6.45, 7) is 0. The van der Waals surface area contributed by atoms with Crippen LogP contribution in [0.4, 0.5) is 0 Å². The minimum absolute atomic E-state index is 0.00864. The molecule has 86 valence electrons. The first-order valence-electron chi connectivity index (χ1n) is 4.71. The lowest BCUT2D eigenvalue weighted by Crippen LogP contribution is -2.05. The van der Waals surface area contributed by atoms with Crippen molar-refractivity contribution in [3.63, 3.8) is 0 Å². The molecule has 0 aromatic heterocycles. The van der Waals surface area contributed by atoms with E-state index >= 15 is 0 Å². The highest BCUT2D eigenvalue weighted by Gasteiger charge is 2.07. The van der Waals surface area contributed by atoms with Gasteiger partial charge in [0.2, 0.25) is 0 Å². The number of halogens is 1. The van der Waals surface area contributed by atoms with E-state index < -0.39 is 5.97 Å². The second kappa shape index (κ2) is 6.12. The summed E-state index contributed by atoms with van der Waals surface area (Å²) in [5, 5.41) is 13.0. The Hall–Kier alpha value is -1.55. The van der Waals surface area contributed by atoms with E-state index in [-0.39, 0.29) is 6.42 Å². The van der Waals surface area contributed by atoms with E-state index in [4.69, 9.17) is 16.7 Å². The number of carboxylic acid groups (broad SMARTS) is 1. The summed E-state index contributed by atoms with van der Waals surface area (Å²) in [5.74, 6) is -0.870. The molecule has 0 heterocycles. The Morgan fingerprint density at radius 3 is 2.81 bits per heavy atom. The average molecular weight is 242 g/mol. The third-order valence-corrected chi connectivity index (χ3v) is 2.17. The number of oxime groups is 1. The largest absolute Gasteiger partial charge is 0.481 e. The molecule has 0 aliphatic carbocycles. The van der Waals surface area contributed by atoms with Gasteiger partial charge in [-0.25, -0.2) is 0 Å². The number of carbonyl (C=O) groups is 1. The third-order valence-electron chi connectivity index (χ3n) is 1.93. The monoisotopic (exact) mass is 241 g/mol. The summed E-state index contributed by atoms with van der Waals surface area (Å²) in [4.78, 5) is 15.2. The Balaban J connectivity index is 2.85. The molecule has 0 bridgehead atoms. The number of carboxylic acids is 1. The Kier molecular flexibility index (Phi) is 4.79. The lowest BCUT2D eigenvalue weighted by atomic mass is 10.1. The predicted octanol–water partition coefficient (Wildman–Crippen LogP) is 2.56. The molecular weight excluding hydrogens is 230 g/mol. The van der Waals surface area contributed by atoms with E-state index in [1.807, 2.05) is 6.07 Å². The molecule has 0 amide bonds. The van der Waals surface area contributed by atoms with Crippen molar-refractivity contribution in [2.45, 2.75) is 12.8 Å². The van der Waals surface area contributed by atoms with Crippen molar-refractivity contribution in [1.82, 2.24) is 0 Å². The molecule has 0 saturated carbocycles. The van der Waals surface area contributed by atoms with E-state index in [1.165, 1.54) is 7.11 Å². The second-order valence-corrected chi connectivity index (χ2v) is 3.56. The Labute approximate surface area is 98.5 Å². The van der Waals surface area contributed by atoms with Crippen molar-refractivity contribution in [2.24, 2.45) is 5.16 Å². The standard InChI is InChI=1S/C11H12ClNO3/c1-16-13-10(5-6-11(14)15)8-3-2-4-9(12)7-8/h2-4,7H,5-6H2,1H3,(H,14,15)/b13-10-. The van der Waals surface area contributed by atoms with Gasteiger partial charge < -0.3 is 9.94 Å². The van der Waals surface area contributed by atoms with Crippen LogP contribution in [0.1, 0.15) is 18.4 Å². The molecule has 1 rings (SSSR count). The molecular formula is C11H12ClNO3. The smallest absolute Gasteiger partial charge is 0.303 e. The summed E-state index contributed by atoms with van der Waals surface area (Å²) in [7, 11) is 1.42. The topological polar surface area (TPSA) is 58.9 Å². The normalized spacial score (nSPS) is 11.2. The van der Waals surface area contributed by atoms with Crippen LogP contribution in [0, 0.1) is 0 Å². The van der Waals surface area contributed by atoms with Crippen LogP contribution in [-0.2, 0) is 9.63 Å². The van der Waals surface area contributed by atoms with Gasteiger partial charge in [0.25, 0.3) is 0 Å². The Bertz CT molecular complexity index is 404. The first-order chi connectivity index (χ1) is 7.63. The molecule has 0 atom stereocenters. The number of benzene rings is 1. The zero-order valence-electron chi connectivity index (χ0n) is 8.81. The van der Waals surface area contributed by atoms with Gasteiger partial charge in [0.05, 0.1) is 12.1 Å². The number of hydrogen-bond acceptors (Lipinski definition) is 3. The molecule has 0 aliphatic rings. The van der Waals surface area contributed by atoms with Crippen LogP contribution in [-0.4, -0.2) is 23.9 Å². The fourth-order valence-corrected chi connectivity index (χ4v) is 1.44. The summed E-state index contributed by atoms with van der Waals surface area (Å²) in [6, 6.07) is 7.06. The van der Waals surface area contributed by atoms with Gasteiger partial charge in [-0.15, -0.1) is 0 Å². The van der Waals surface area contributed by atoms with Crippen molar-refractivity contribution < 1.29 is 14.7 Å². The maximum absolute atomic E-state index is 10.5. The summed E-state index contributed by atoms with van der Waals surface area (Å²) in [5.41, 5.74) is 1.35. The first kappa shape index (κ1) is 12.5. The van der Waals surface area contributed by atoms with Crippen molar-refractivity contribution in [3.05, 3.63) is 34.9 Å². The number of nitrogens with zero attached hydrogens (tertiary/aromatic N) is 1. The fourth-order valence-electron chi connectivity index (χ4n) is 1.25. The predicted molar refractivity (Wildman–Crippen MR) is 61.9 cm³/mol. The van der Waals surface area contributed by atoms with Crippen LogP contribution in [0.3, 0.4) is 0 Å². The lowest BCUT2D eigenvalue weighted by molar-refractivity contribution is -0.136. The summed E-state index contributed by atoms with van der Waals surface area (Å²) >= 11 is 5.84. The first-order valence-corrected chi connectivity index (χ1v) is 5.09. The Morgan fingerprint density at radius 2 is 2.25 bits per heavy atom. The molecule has 1 aromatic rings. The van der Waals surface area contributed by atoms with Crippen molar-refractivity contribution in [1.29, 1.82) is 0 Å². The van der Waals surface area contributed by atoms with Crippen LogP contribution < -0.4 is 0 Å². The van der Waals surface area contributed by atoms with Crippen LogP contribution in [0.5, 0.6) is 0 Å². The third kappa shape index (κ3) is 3.90. The molecule has 0 radical (unpaired) electrons. The van der Waals surface area contributed by atoms with E-state index in [1.54, 1.807) is 18.2 Å². The van der Waals surface area contributed by atoms with Gasteiger partial charge in [-0.3, -0.25) is 4.79 Å². The molecule has 0 fully saturated rings. The van der Waals surface area contributed by atoms with Gasteiger partial charge in [-0.1, -0.05) is 28.9 Å². The fraction of sp³-hybridized carbons (Fsp3) is 0.273. The lowest BCUT2D eigenvalue weighted by Gasteiger charge is -2.04. The van der Waals surface area contributed by atoms with Gasteiger partial charge in [0.15, 0.2) is 0 Å². The molecule has 0 spiro atoms. The highest BCUT2D eigenvalue weighted by Crippen LogP contribution is 2.14. The van der Waals surface area contributed by atoms with Gasteiger partial charge in [0, 0.05) is 17.0 Å². The SMILES string of the molecule is CO/N=C(/CCC(=O)O)c1cccc(Cl)c1. The van der Waals surface area contributed by atoms with Crippen LogP contribution >= 0.6 is 11.6 Å². The molecule has 1 N–H and O–H groups in total. The number of rotatable bonds is 5. The van der Waals surface area contributed by atoms with Crippen LogP contribution in [0.15, 0.2) is 29.4 Å². The van der Waals surface area contributed by atoms with Crippen molar-refractivity contribution in [2.75, 3.05) is 7.11 Å². The Morgan fingerprint density at radius 1 is 1.50 bits per heavy atom. The van der Waals surface area contributed by atoms with Crippen LogP contribution in [0.2, 0.25) is 5.02 Å². The van der Waals surface area contributed by atoms with Gasteiger partial charge >= 0.3 is 5.97 Å². The summed E-state index contributed by atoms with van der Waals surface area (Å²) < 4.78 is 0. The van der Waals surface area contributed by atoms with Crippen molar-refractivity contribution in [3.8, 4) is 0 Å². The van der Waals surface area contributed by atoms with E-state index in [0.29, 0.717) is 17.2 Å². The highest BCUT2D eigenvalue weighted by molar-refractivity contribution is 6.31. The van der Waals surface area contributed by atoms with Gasteiger partial charge in [-0.2, -0.15) is 0 Å². The molecule has 5 heteroatoms. The van der Waals surface area contributed by atoms with E-state index in [2.05, 4.69) is 9.99 Å². The molecule has 0 saturated heterocycles. The minimum atomic E-state index is -0.870. The highest BCUT2D eigenvalue weighted by atomic mass is 35.5.